The summed E-state index contributed by atoms with van der Waals surface area (Å²) in [7, 11) is 0. The molecule has 9 nitrogen and oxygen atoms in total. The number of likely N-dealkylation sites (tertiary alicyclic amines) is 1. The Kier molecular flexibility index (Phi) is 9.27. The second-order valence-electron chi connectivity index (χ2n) is 12.0. The van der Waals surface area contributed by atoms with Crippen molar-refractivity contribution in [3.8, 4) is 5.75 Å². The normalized spacial score (nSPS) is 26.4. The fourth-order valence-electron chi connectivity index (χ4n) is 7.25. The summed E-state index contributed by atoms with van der Waals surface area (Å²) in [6, 6.07) is 13.6. The summed E-state index contributed by atoms with van der Waals surface area (Å²) < 4.78 is 4.78. The Bertz CT molecular complexity index is 1320. The number of nitrogens with one attached hydrogen (secondary N) is 2. The Morgan fingerprint density at radius 3 is 2.19 bits per heavy atom. The minimum absolute atomic E-state index is 0.0610. The van der Waals surface area contributed by atoms with E-state index < -0.39 is 28.7 Å². The Hall–Kier alpha value is -3.24. The quantitative estimate of drug-likeness (QED) is 0.323. The largest absolute Gasteiger partial charge is 0.494 e. The second kappa shape index (κ2) is 12.8. The minimum Gasteiger partial charge on any atom is -0.494 e. The van der Waals surface area contributed by atoms with Crippen LogP contribution in [0.4, 0.5) is 17.1 Å². The van der Waals surface area contributed by atoms with Gasteiger partial charge in [0.15, 0.2) is 0 Å². The van der Waals surface area contributed by atoms with Gasteiger partial charge in [0, 0.05) is 35.4 Å². The van der Waals surface area contributed by atoms with Crippen LogP contribution in [0.25, 0.3) is 0 Å². The van der Waals surface area contributed by atoms with Gasteiger partial charge in [-0.15, -0.1) is 11.8 Å². The Balaban J connectivity index is 1.43. The number of thioether (sulfide) groups is 1. The molecule has 0 aliphatic carbocycles. The van der Waals surface area contributed by atoms with Crippen molar-refractivity contribution < 1.29 is 24.2 Å². The number of anilines is 3. The molecule has 5 rings (SSSR count). The van der Waals surface area contributed by atoms with Crippen LogP contribution in [0.1, 0.15) is 47.5 Å². The van der Waals surface area contributed by atoms with Gasteiger partial charge in [0.2, 0.25) is 17.7 Å². The van der Waals surface area contributed by atoms with Gasteiger partial charge < -0.3 is 30.3 Å². The standard InChI is InChI=1S/C33H44N4O5S/c1-6-36(7-2)23-13-9-21(10-14-23)35-31(40)29-33-18-17-26(43-33)27(28(33)32(41)37(29)25(19-38)20(4)5)30(39)34-22-11-15-24(16-12-22)42-8-3/h9-16,20,25-29,38H,6-8,17-19H2,1-5H3,(H,34,39)(H,35,40)/t25-,26+,27-,28-,29?,33?/m0/s1. The third-order valence-corrected chi connectivity index (χ3v) is 11.3. The smallest absolute Gasteiger partial charge is 0.248 e. The molecule has 0 saturated carbocycles. The van der Waals surface area contributed by atoms with Crippen molar-refractivity contribution >= 4 is 46.5 Å². The fraction of sp³-hybridized carbons (Fsp3) is 0.545. The molecule has 232 valence electrons. The third kappa shape index (κ3) is 5.59. The lowest BCUT2D eigenvalue weighted by atomic mass is 9.70. The van der Waals surface area contributed by atoms with Crippen molar-refractivity contribution in [2.75, 3.05) is 41.8 Å². The van der Waals surface area contributed by atoms with Gasteiger partial charge in [0.25, 0.3) is 0 Å². The highest BCUT2D eigenvalue weighted by Gasteiger charge is 2.74. The van der Waals surface area contributed by atoms with Crippen LogP contribution >= 0.6 is 11.8 Å². The summed E-state index contributed by atoms with van der Waals surface area (Å²) in [6.07, 6.45) is 1.41. The molecule has 0 aromatic heterocycles. The highest BCUT2D eigenvalue weighted by molar-refractivity contribution is 8.02. The molecule has 2 aromatic carbocycles. The highest BCUT2D eigenvalue weighted by atomic mass is 32.2. The molecule has 3 aliphatic heterocycles. The average Bonchev–Trinajstić information content (AvgIpc) is 3.63. The molecule has 2 bridgehead atoms. The fourth-order valence-corrected chi connectivity index (χ4v) is 9.46. The molecular formula is C33H44N4O5S. The van der Waals surface area contributed by atoms with Crippen LogP contribution in [-0.4, -0.2) is 76.1 Å². The van der Waals surface area contributed by atoms with Gasteiger partial charge in [-0.05, 0) is 88.1 Å². The van der Waals surface area contributed by atoms with Crippen molar-refractivity contribution in [3.05, 3.63) is 48.5 Å². The molecule has 0 radical (unpaired) electrons. The van der Waals surface area contributed by atoms with E-state index in [1.54, 1.807) is 28.8 Å². The molecule has 2 unspecified atom stereocenters. The Morgan fingerprint density at radius 2 is 1.63 bits per heavy atom. The van der Waals surface area contributed by atoms with Crippen LogP contribution in [0, 0.1) is 17.8 Å². The number of ether oxygens (including phenoxy) is 1. The van der Waals surface area contributed by atoms with Crippen molar-refractivity contribution in [2.45, 2.75) is 69.5 Å². The molecule has 3 N–H and O–H groups in total. The lowest BCUT2D eigenvalue weighted by Gasteiger charge is -2.38. The summed E-state index contributed by atoms with van der Waals surface area (Å²) in [4.78, 5) is 46.2. The first kappa shape index (κ1) is 31.2. The summed E-state index contributed by atoms with van der Waals surface area (Å²) in [5, 5.41) is 16.5. The number of amides is 3. The van der Waals surface area contributed by atoms with Crippen LogP contribution in [0.3, 0.4) is 0 Å². The first-order chi connectivity index (χ1) is 20.7. The number of hydrogen-bond acceptors (Lipinski definition) is 7. The van der Waals surface area contributed by atoms with E-state index in [1.165, 1.54) is 0 Å². The van der Waals surface area contributed by atoms with E-state index in [0.29, 0.717) is 24.4 Å². The van der Waals surface area contributed by atoms with Gasteiger partial charge in [-0.3, -0.25) is 14.4 Å². The van der Waals surface area contributed by atoms with Gasteiger partial charge in [0.1, 0.15) is 11.8 Å². The average molecular weight is 609 g/mol. The lowest BCUT2D eigenvalue weighted by molar-refractivity contribution is -0.142. The van der Waals surface area contributed by atoms with Gasteiger partial charge >= 0.3 is 0 Å². The number of carbonyl (C=O) groups excluding carboxylic acids is 3. The first-order valence-corrected chi connectivity index (χ1v) is 16.4. The van der Waals surface area contributed by atoms with Crippen LogP contribution in [0.5, 0.6) is 5.75 Å². The Labute approximate surface area is 258 Å². The topological polar surface area (TPSA) is 111 Å². The van der Waals surface area contributed by atoms with E-state index in [-0.39, 0.29) is 35.5 Å². The summed E-state index contributed by atoms with van der Waals surface area (Å²) >= 11 is 1.62. The van der Waals surface area contributed by atoms with Crippen molar-refractivity contribution in [1.29, 1.82) is 0 Å². The molecule has 2 aromatic rings. The van der Waals surface area contributed by atoms with E-state index in [1.807, 2.05) is 57.2 Å². The van der Waals surface area contributed by atoms with E-state index in [4.69, 9.17) is 4.74 Å². The predicted octanol–water partition coefficient (Wildman–Crippen LogP) is 4.62. The maximum atomic E-state index is 14.3. The monoisotopic (exact) mass is 608 g/mol. The van der Waals surface area contributed by atoms with E-state index in [0.717, 1.165) is 30.9 Å². The van der Waals surface area contributed by atoms with Crippen molar-refractivity contribution in [1.82, 2.24) is 4.90 Å². The molecule has 3 fully saturated rings. The molecule has 3 saturated heterocycles. The van der Waals surface area contributed by atoms with E-state index in [9.17, 15) is 19.5 Å². The number of carbonyl (C=O) groups is 3. The maximum Gasteiger partial charge on any atom is 0.248 e. The third-order valence-electron chi connectivity index (χ3n) is 9.30. The Morgan fingerprint density at radius 1 is 1.02 bits per heavy atom. The van der Waals surface area contributed by atoms with Crippen LogP contribution in [0.2, 0.25) is 0 Å². The molecule has 1 spiro atoms. The number of rotatable bonds is 12. The van der Waals surface area contributed by atoms with Crippen LogP contribution in [-0.2, 0) is 14.4 Å². The molecule has 6 atom stereocenters. The molecule has 43 heavy (non-hydrogen) atoms. The number of nitrogens with zero attached hydrogens (tertiary/aromatic N) is 2. The zero-order valence-electron chi connectivity index (χ0n) is 25.7. The molecular weight excluding hydrogens is 564 g/mol. The summed E-state index contributed by atoms with van der Waals surface area (Å²) in [5.41, 5.74) is 2.36. The number of aliphatic hydroxyl groups excluding tert-OH is 1. The van der Waals surface area contributed by atoms with Crippen molar-refractivity contribution in [2.24, 2.45) is 17.8 Å². The lowest BCUT2D eigenvalue weighted by Crippen LogP contribution is -2.56. The molecule has 3 amide bonds. The highest BCUT2D eigenvalue weighted by Crippen LogP contribution is 2.67. The summed E-state index contributed by atoms with van der Waals surface area (Å²) in [6.45, 7) is 12.1. The first-order valence-electron chi connectivity index (χ1n) is 15.5. The summed E-state index contributed by atoms with van der Waals surface area (Å²) in [5.74, 6) is -1.27. The van der Waals surface area contributed by atoms with Crippen molar-refractivity contribution in [3.63, 3.8) is 0 Å². The predicted molar refractivity (Wildman–Crippen MR) is 172 cm³/mol. The SMILES string of the molecule is CCOc1ccc(NC(=O)[C@@H]2[C@H]3C(=O)N([C@@H](CO)C(C)C)C(C(=O)Nc4ccc(N(CC)CC)cc4)C34CC[C@H]2S4)cc1. The van der Waals surface area contributed by atoms with E-state index >= 15 is 0 Å². The number of hydrogen-bond donors (Lipinski definition) is 3. The van der Waals surface area contributed by atoms with Crippen LogP contribution < -0.4 is 20.3 Å². The van der Waals surface area contributed by atoms with Gasteiger partial charge in [-0.1, -0.05) is 13.8 Å². The number of aliphatic hydroxyl groups is 1. The van der Waals surface area contributed by atoms with Gasteiger partial charge in [-0.25, -0.2) is 0 Å². The zero-order chi connectivity index (χ0) is 30.9. The minimum atomic E-state index is -0.801. The second-order valence-corrected chi connectivity index (χ2v) is 13.6. The van der Waals surface area contributed by atoms with Crippen LogP contribution in [0.15, 0.2) is 48.5 Å². The molecule has 10 heteroatoms. The number of benzene rings is 2. The molecule has 3 heterocycles. The maximum absolute atomic E-state index is 14.3. The molecule has 3 aliphatic rings. The van der Waals surface area contributed by atoms with E-state index in [2.05, 4.69) is 29.4 Å². The zero-order valence-corrected chi connectivity index (χ0v) is 26.5. The number of fused-ring (bicyclic) bond motifs is 1. The van der Waals surface area contributed by atoms with Gasteiger partial charge in [-0.2, -0.15) is 0 Å². The van der Waals surface area contributed by atoms with Gasteiger partial charge in [0.05, 0.1) is 35.8 Å².